The van der Waals surface area contributed by atoms with Crippen LogP contribution in [0.4, 0.5) is 0 Å². The Bertz CT molecular complexity index is 507. The van der Waals surface area contributed by atoms with E-state index in [0.29, 0.717) is 42.8 Å². The van der Waals surface area contributed by atoms with E-state index in [2.05, 4.69) is 29.5 Å². The number of aliphatic imine (C=N–C) groups is 1. The van der Waals surface area contributed by atoms with E-state index in [4.69, 9.17) is 10.5 Å². The van der Waals surface area contributed by atoms with Crippen LogP contribution in [-0.4, -0.2) is 38.6 Å². The number of nitrogens with one attached hydrogen (secondary N) is 2. The zero-order chi connectivity index (χ0) is 16.4. The molecule has 0 radical (unpaired) electrons. The molecule has 0 unspecified atom stereocenters. The molecule has 6 nitrogen and oxygen atoms in total. The maximum atomic E-state index is 11.9. The Morgan fingerprint density at radius 2 is 2.00 bits per heavy atom. The number of methoxy groups -OCH3 is 1. The van der Waals surface area contributed by atoms with E-state index in [9.17, 15) is 4.79 Å². The number of ether oxygens (including phenoxy) is 1. The molecular formula is C16H27IN4O2. The number of halogens is 1. The van der Waals surface area contributed by atoms with Crippen LogP contribution in [-0.2, 0) is 0 Å². The Labute approximate surface area is 155 Å². The van der Waals surface area contributed by atoms with Crippen LogP contribution in [0.3, 0.4) is 0 Å². The van der Waals surface area contributed by atoms with Crippen molar-refractivity contribution in [1.82, 2.24) is 10.6 Å². The molecule has 0 aliphatic carbocycles. The van der Waals surface area contributed by atoms with Crippen LogP contribution < -0.4 is 21.1 Å². The highest BCUT2D eigenvalue weighted by Gasteiger charge is 2.05. The third-order valence-corrected chi connectivity index (χ3v) is 3.04. The molecule has 0 atom stereocenters. The summed E-state index contributed by atoms with van der Waals surface area (Å²) in [4.78, 5) is 16.2. The first kappa shape index (κ1) is 21.5. The van der Waals surface area contributed by atoms with E-state index < -0.39 is 0 Å². The topological polar surface area (TPSA) is 88.7 Å². The van der Waals surface area contributed by atoms with E-state index in [-0.39, 0.29) is 29.9 Å². The van der Waals surface area contributed by atoms with Crippen LogP contribution in [0.5, 0.6) is 5.75 Å². The summed E-state index contributed by atoms with van der Waals surface area (Å²) in [6.07, 6.45) is 1.01. The van der Waals surface area contributed by atoms with Gasteiger partial charge in [-0.2, -0.15) is 0 Å². The number of nitrogens with zero attached hydrogens (tertiary/aromatic N) is 1. The zero-order valence-corrected chi connectivity index (χ0v) is 16.3. The third-order valence-electron chi connectivity index (χ3n) is 3.04. The fourth-order valence-electron chi connectivity index (χ4n) is 1.73. The summed E-state index contributed by atoms with van der Waals surface area (Å²) in [6.45, 7) is 6.01. The van der Waals surface area contributed by atoms with Gasteiger partial charge in [0.05, 0.1) is 7.11 Å². The molecule has 7 heteroatoms. The van der Waals surface area contributed by atoms with Crippen molar-refractivity contribution in [1.29, 1.82) is 0 Å². The average Bonchev–Trinajstić information content (AvgIpc) is 2.51. The van der Waals surface area contributed by atoms with Gasteiger partial charge in [-0.3, -0.25) is 9.79 Å². The van der Waals surface area contributed by atoms with Crippen LogP contribution in [0.25, 0.3) is 0 Å². The largest absolute Gasteiger partial charge is 0.497 e. The summed E-state index contributed by atoms with van der Waals surface area (Å²) in [7, 11) is 1.57. The van der Waals surface area contributed by atoms with Crippen molar-refractivity contribution in [3.8, 4) is 5.75 Å². The van der Waals surface area contributed by atoms with Crippen molar-refractivity contribution in [3.05, 3.63) is 29.8 Å². The molecule has 0 aromatic heterocycles. The highest BCUT2D eigenvalue weighted by atomic mass is 127. The van der Waals surface area contributed by atoms with Crippen molar-refractivity contribution < 1.29 is 9.53 Å². The molecule has 0 saturated carbocycles. The third kappa shape index (κ3) is 9.27. The smallest absolute Gasteiger partial charge is 0.251 e. The molecule has 0 spiro atoms. The minimum absolute atomic E-state index is 0. The molecule has 1 rings (SSSR count). The standard InChI is InChI=1S/C16H26N4O2.HI/c1-12(2)7-8-19-16(17)20-10-9-18-15(21)13-5-4-6-14(11-13)22-3;/h4-6,11-12H,7-10H2,1-3H3,(H,18,21)(H3,17,19,20);1H. The summed E-state index contributed by atoms with van der Waals surface area (Å²) in [5.74, 6) is 1.54. The van der Waals surface area contributed by atoms with E-state index >= 15 is 0 Å². The van der Waals surface area contributed by atoms with Gasteiger partial charge in [-0.1, -0.05) is 19.9 Å². The van der Waals surface area contributed by atoms with Gasteiger partial charge in [-0.15, -0.1) is 24.0 Å². The number of amides is 1. The lowest BCUT2D eigenvalue weighted by atomic mass is 10.1. The number of rotatable bonds is 8. The zero-order valence-electron chi connectivity index (χ0n) is 14.0. The lowest BCUT2D eigenvalue weighted by molar-refractivity contribution is 0.0954. The maximum absolute atomic E-state index is 11.9. The Hall–Kier alpha value is -1.51. The van der Waals surface area contributed by atoms with Gasteiger partial charge in [-0.25, -0.2) is 0 Å². The molecular weight excluding hydrogens is 407 g/mol. The lowest BCUT2D eigenvalue weighted by Crippen LogP contribution is -2.38. The maximum Gasteiger partial charge on any atom is 0.251 e. The number of guanidine groups is 1. The Morgan fingerprint density at radius 3 is 2.65 bits per heavy atom. The molecule has 23 heavy (non-hydrogen) atoms. The van der Waals surface area contributed by atoms with Crippen LogP contribution in [0.1, 0.15) is 30.6 Å². The van der Waals surface area contributed by atoms with Crippen molar-refractivity contribution >= 4 is 35.8 Å². The number of benzene rings is 1. The molecule has 1 aromatic rings. The number of carbonyl (C=O) groups excluding carboxylic acids is 1. The van der Waals surface area contributed by atoms with Crippen molar-refractivity contribution in [2.45, 2.75) is 20.3 Å². The Balaban J connectivity index is 0.00000484. The molecule has 130 valence electrons. The quantitative estimate of drug-likeness (QED) is 0.253. The van der Waals surface area contributed by atoms with Crippen molar-refractivity contribution in [2.75, 3.05) is 26.7 Å². The fourth-order valence-corrected chi connectivity index (χ4v) is 1.73. The predicted octanol–water partition coefficient (Wildman–Crippen LogP) is 1.99. The number of hydrogen-bond donors (Lipinski definition) is 3. The van der Waals surface area contributed by atoms with Crippen LogP contribution in [0.2, 0.25) is 0 Å². The molecule has 0 saturated heterocycles. The van der Waals surface area contributed by atoms with Gasteiger partial charge in [-0.05, 0) is 30.5 Å². The minimum Gasteiger partial charge on any atom is -0.497 e. The molecule has 0 heterocycles. The Morgan fingerprint density at radius 1 is 1.30 bits per heavy atom. The number of hydrogen-bond acceptors (Lipinski definition) is 3. The molecule has 0 bridgehead atoms. The predicted molar refractivity (Wildman–Crippen MR) is 105 cm³/mol. The second-order valence-corrected chi connectivity index (χ2v) is 5.36. The van der Waals surface area contributed by atoms with E-state index in [1.807, 2.05) is 0 Å². The average molecular weight is 434 g/mol. The molecule has 4 N–H and O–H groups in total. The first-order valence-corrected chi connectivity index (χ1v) is 7.49. The van der Waals surface area contributed by atoms with Crippen molar-refractivity contribution in [2.24, 2.45) is 16.6 Å². The summed E-state index contributed by atoms with van der Waals surface area (Å²) in [5, 5.41) is 5.79. The first-order chi connectivity index (χ1) is 10.5. The van der Waals surface area contributed by atoms with E-state index in [1.165, 1.54) is 0 Å². The summed E-state index contributed by atoms with van der Waals surface area (Å²) < 4.78 is 5.09. The van der Waals surface area contributed by atoms with Gasteiger partial charge in [0.15, 0.2) is 5.96 Å². The molecule has 0 aliphatic rings. The molecule has 0 fully saturated rings. The highest BCUT2D eigenvalue weighted by molar-refractivity contribution is 14.0. The highest BCUT2D eigenvalue weighted by Crippen LogP contribution is 2.12. The minimum atomic E-state index is -0.143. The van der Waals surface area contributed by atoms with Gasteiger partial charge in [0, 0.05) is 25.2 Å². The van der Waals surface area contributed by atoms with E-state index in [0.717, 1.165) is 6.42 Å². The summed E-state index contributed by atoms with van der Waals surface area (Å²) in [6, 6.07) is 7.02. The van der Waals surface area contributed by atoms with Crippen LogP contribution in [0.15, 0.2) is 29.3 Å². The Kier molecular flexibility index (Phi) is 11.2. The normalized spacial score (nSPS) is 10.9. The summed E-state index contributed by atoms with van der Waals surface area (Å²) in [5.41, 5.74) is 6.30. The number of carbonyl (C=O) groups is 1. The lowest BCUT2D eigenvalue weighted by Gasteiger charge is -2.08. The van der Waals surface area contributed by atoms with Gasteiger partial charge >= 0.3 is 0 Å². The second kappa shape index (κ2) is 12.0. The van der Waals surface area contributed by atoms with Crippen molar-refractivity contribution in [3.63, 3.8) is 0 Å². The van der Waals surface area contributed by atoms with Crippen LogP contribution in [0, 0.1) is 5.92 Å². The first-order valence-electron chi connectivity index (χ1n) is 7.49. The fraction of sp³-hybridized carbons (Fsp3) is 0.500. The second-order valence-electron chi connectivity index (χ2n) is 5.36. The van der Waals surface area contributed by atoms with E-state index in [1.54, 1.807) is 31.4 Å². The molecule has 1 aromatic carbocycles. The SMILES string of the molecule is COc1cccc(C(=O)NCCNC(N)=NCCC(C)C)c1.I. The van der Waals surface area contributed by atoms with Gasteiger partial charge in [0.2, 0.25) is 0 Å². The van der Waals surface area contributed by atoms with Gasteiger partial charge < -0.3 is 21.1 Å². The monoisotopic (exact) mass is 434 g/mol. The van der Waals surface area contributed by atoms with Gasteiger partial charge in [0.25, 0.3) is 5.91 Å². The van der Waals surface area contributed by atoms with Crippen LogP contribution >= 0.6 is 24.0 Å². The molecule has 1 amide bonds. The summed E-state index contributed by atoms with van der Waals surface area (Å²) >= 11 is 0. The molecule has 0 aliphatic heterocycles. The van der Waals surface area contributed by atoms with Gasteiger partial charge in [0.1, 0.15) is 5.75 Å². The number of nitrogens with two attached hydrogens (primary N) is 1.